The van der Waals surface area contributed by atoms with Gasteiger partial charge in [-0.25, -0.2) is 0 Å². The Morgan fingerprint density at radius 1 is 0.880 bits per heavy atom. The second-order valence-corrected chi connectivity index (χ2v) is 7.56. The fourth-order valence-corrected chi connectivity index (χ4v) is 4.75. The standard InChI is InChI=1S/C22H17BrN2/c23-21-6-2-4-15-17-7-8-18-14(16(17)9-10-19(15)21)3-1-5-20(18)22-13-24-11-12-25-22/h2,4,6-13,20H,1,3,5H2. The normalized spacial score (nSPS) is 16.9. The van der Waals surface area contributed by atoms with Crippen LogP contribution < -0.4 is 0 Å². The van der Waals surface area contributed by atoms with Crippen molar-refractivity contribution in [1.29, 1.82) is 0 Å². The van der Waals surface area contributed by atoms with Crippen LogP contribution in [0.25, 0.3) is 21.5 Å². The summed E-state index contributed by atoms with van der Waals surface area (Å²) in [5, 5.41) is 5.32. The third-order valence-electron chi connectivity index (χ3n) is 5.39. The van der Waals surface area contributed by atoms with Gasteiger partial charge in [0.2, 0.25) is 0 Å². The second kappa shape index (κ2) is 5.92. The van der Waals surface area contributed by atoms with Gasteiger partial charge in [-0.05, 0) is 58.0 Å². The first-order valence-electron chi connectivity index (χ1n) is 8.71. The number of halogens is 1. The number of nitrogens with zero attached hydrogens (tertiary/aromatic N) is 2. The lowest BCUT2D eigenvalue weighted by Gasteiger charge is -2.26. The number of benzene rings is 3. The van der Waals surface area contributed by atoms with Crippen molar-refractivity contribution in [2.24, 2.45) is 0 Å². The highest BCUT2D eigenvalue weighted by atomic mass is 79.9. The molecule has 0 aliphatic heterocycles. The van der Waals surface area contributed by atoms with E-state index in [1.165, 1.54) is 39.1 Å². The summed E-state index contributed by atoms with van der Waals surface area (Å²) >= 11 is 3.68. The van der Waals surface area contributed by atoms with Crippen LogP contribution in [0.4, 0.5) is 0 Å². The van der Waals surface area contributed by atoms with Crippen LogP contribution in [0.2, 0.25) is 0 Å². The van der Waals surface area contributed by atoms with Gasteiger partial charge in [0, 0.05) is 29.0 Å². The van der Waals surface area contributed by atoms with E-state index in [-0.39, 0.29) is 0 Å². The number of aryl methyl sites for hydroxylation is 1. The van der Waals surface area contributed by atoms with E-state index in [1.807, 2.05) is 6.20 Å². The van der Waals surface area contributed by atoms with Crippen molar-refractivity contribution in [2.45, 2.75) is 25.2 Å². The zero-order valence-electron chi connectivity index (χ0n) is 13.7. The van der Waals surface area contributed by atoms with Gasteiger partial charge in [-0.15, -0.1) is 0 Å². The van der Waals surface area contributed by atoms with E-state index in [4.69, 9.17) is 0 Å². The Morgan fingerprint density at radius 2 is 1.72 bits per heavy atom. The van der Waals surface area contributed by atoms with Gasteiger partial charge >= 0.3 is 0 Å². The molecule has 1 aromatic heterocycles. The van der Waals surface area contributed by atoms with Gasteiger partial charge in [-0.1, -0.05) is 52.3 Å². The topological polar surface area (TPSA) is 25.8 Å². The van der Waals surface area contributed by atoms with Crippen LogP contribution >= 0.6 is 15.9 Å². The minimum absolute atomic E-state index is 0.361. The maximum absolute atomic E-state index is 4.57. The van der Waals surface area contributed by atoms with Crippen LogP contribution in [0.15, 0.2) is 65.5 Å². The molecule has 4 aromatic rings. The van der Waals surface area contributed by atoms with Crippen LogP contribution in [-0.2, 0) is 6.42 Å². The molecule has 1 atom stereocenters. The van der Waals surface area contributed by atoms with E-state index in [1.54, 1.807) is 12.4 Å². The Morgan fingerprint density at radius 3 is 2.60 bits per heavy atom. The van der Waals surface area contributed by atoms with Gasteiger partial charge in [0.05, 0.1) is 5.69 Å². The van der Waals surface area contributed by atoms with Gasteiger partial charge < -0.3 is 0 Å². The summed E-state index contributed by atoms with van der Waals surface area (Å²) in [4.78, 5) is 8.85. The Bertz CT molecular complexity index is 1090. The maximum Gasteiger partial charge on any atom is 0.0661 e. The molecule has 0 N–H and O–H groups in total. The Kier molecular flexibility index (Phi) is 3.56. The van der Waals surface area contributed by atoms with Crippen molar-refractivity contribution < 1.29 is 0 Å². The Hall–Kier alpha value is -2.26. The van der Waals surface area contributed by atoms with E-state index >= 15 is 0 Å². The highest BCUT2D eigenvalue weighted by molar-refractivity contribution is 9.10. The molecule has 3 heteroatoms. The van der Waals surface area contributed by atoms with Gasteiger partial charge in [0.15, 0.2) is 0 Å². The molecular weight excluding hydrogens is 372 g/mol. The van der Waals surface area contributed by atoms with E-state index < -0.39 is 0 Å². The van der Waals surface area contributed by atoms with E-state index in [0.29, 0.717) is 5.92 Å². The highest BCUT2D eigenvalue weighted by Crippen LogP contribution is 2.41. The molecule has 1 aliphatic rings. The molecule has 0 radical (unpaired) electrons. The molecule has 0 saturated carbocycles. The average Bonchev–Trinajstić information content (AvgIpc) is 2.68. The molecule has 0 saturated heterocycles. The van der Waals surface area contributed by atoms with Crippen LogP contribution in [0.5, 0.6) is 0 Å². The summed E-state index contributed by atoms with van der Waals surface area (Å²) in [6.07, 6.45) is 8.96. The van der Waals surface area contributed by atoms with Crippen LogP contribution in [0, 0.1) is 0 Å². The van der Waals surface area contributed by atoms with Crippen molar-refractivity contribution in [3.8, 4) is 0 Å². The van der Waals surface area contributed by atoms with Gasteiger partial charge in [-0.3, -0.25) is 9.97 Å². The van der Waals surface area contributed by atoms with Gasteiger partial charge in [0.25, 0.3) is 0 Å². The smallest absolute Gasteiger partial charge is 0.0661 e. The van der Waals surface area contributed by atoms with Crippen LogP contribution in [0.1, 0.15) is 35.6 Å². The highest BCUT2D eigenvalue weighted by Gasteiger charge is 2.24. The monoisotopic (exact) mass is 388 g/mol. The molecule has 25 heavy (non-hydrogen) atoms. The lowest BCUT2D eigenvalue weighted by molar-refractivity contribution is 0.605. The molecular formula is C22H17BrN2. The Balaban J connectivity index is 1.77. The zero-order valence-corrected chi connectivity index (χ0v) is 15.3. The third kappa shape index (κ3) is 2.37. The van der Waals surface area contributed by atoms with E-state index in [2.05, 4.69) is 68.4 Å². The number of hydrogen-bond acceptors (Lipinski definition) is 2. The van der Waals surface area contributed by atoms with Crippen LogP contribution in [0.3, 0.4) is 0 Å². The van der Waals surface area contributed by atoms with Gasteiger partial charge in [-0.2, -0.15) is 0 Å². The summed E-state index contributed by atoms with van der Waals surface area (Å²) in [7, 11) is 0. The first-order chi connectivity index (χ1) is 12.3. The number of hydrogen-bond donors (Lipinski definition) is 0. The molecule has 1 unspecified atom stereocenters. The van der Waals surface area contributed by atoms with Crippen molar-refractivity contribution in [3.63, 3.8) is 0 Å². The maximum atomic E-state index is 4.57. The number of fused-ring (bicyclic) bond motifs is 5. The molecule has 2 nitrogen and oxygen atoms in total. The molecule has 5 rings (SSSR count). The van der Waals surface area contributed by atoms with Crippen molar-refractivity contribution in [3.05, 3.63) is 82.3 Å². The summed E-state index contributed by atoms with van der Waals surface area (Å²) in [5.41, 5.74) is 4.00. The van der Waals surface area contributed by atoms with Crippen molar-refractivity contribution >= 4 is 37.5 Å². The lowest BCUT2D eigenvalue weighted by Crippen LogP contribution is -2.13. The molecule has 1 aliphatic carbocycles. The summed E-state index contributed by atoms with van der Waals surface area (Å²) in [5.74, 6) is 0.361. The molecule has 0 bridgehead atoms. The number of aromatic nitrogens is 2. The predicted octanol–water partition coefficient (Wildman–Crippen LogP) is 6.01. The average molecular weight is 389 g/mol. The fraction of sp³-hybridized carbons (Fsp3) is 0.182. The zero-order chi connectivity index (χ0) is 16.8. The predicted molar refractivity (Wildman–Crippen MR) is 106 cm³/mol. The largest absolute Gasteiger partial charge is 0.261 e. The van der Waals surface area contributed by atoms with Crippen molar-refractivity contribution in [2.75, 3.05) is 0 Å². The third-order valence-corrected chi connectivity index (χ3v) is 6.08. The first kappa shape index (κ1) is 15.0. The lowest BCUT2D eigenvalue weighted by atomic mass is 9.78. The second-order valence-electron chi connectivity index (χ2n) is 6.70. The summed E-state index contributed by atoms with van der Waals surface area (Å²) in [6.45, 7) is 0. The Labute approximate surface area is 155 Å². The van der Waals surface area contributed by atoms with Crippen molar-refractivity contribution in [1.82, 2.24) is 9.97 Å². The molecule has 0 spiro atoms. The molecule has 122 valence electrons. The minimum Gasteiger partial charge on any atom is -0.261 e. The summed E-state index contributed by atoms with van der Waals surface area (Å²) < 4.78 is 1.15. The molecule has 0 fully saturated rings. The fourth-order valence-electron chi connectivity index (χ4n) is 4.26. The van der Waals surface area contributed by atoms with E-state index in [0.717, 1.165) is 23.0 Å². The summed E-state index contributed by atoms with van der Waals surface area (Å²) in [6, 6.07) is 15.6. The SMILES string of the molecule is Brc1cccc2c1ccc1c3c(ccc12)C(c1cnccn1)CCC3. The first-order valence-corrected chi connectivity index (χ1v) is 9.51. The molecule has 3 aromatic carbocycles. The quantitative estimate of drug-likeness (QED) is 0.373. The van der Waals surface area contributed by atoms with Crippen LogP contribution in [-0.4, -0.2) is 9.97 Å². The number of rotatable bonds is 1. The molecule has 1 heterocycles. The minimum atomic E-state index is 0.361. The van der Waals surface area contributed by atoms with E-state index in [9.17, 15) is 0 Å². The van der Waals surface area contributed by atoms with Gasteiger partial charge in [0.1, 0.15) is 0 Å². The molecule has 0 amide bonds.